The van der Waals surface area contributed by atoms with Gasteiger partial charge in [-0.05, 0) is 11.1 Å². The minimum absolute atomic E-state index is 0.0264. The van der Waals surface area contributed by atoms with Crippen molar-refractivity contribution in [2.24, 2.45) is 5.73 Å². The minimum Gasteiger partial charge on any atom is -0.351 e. The van der Waals surface area contributed by atoms with Crippen molar-refractivity contribution in [1.82, 2.24) is 5.32 Å². The second kappa shape index (κ2) is 6.45. The second-order valence-electron chi connectivity index (χ2n) is 3.44. The number of benzene rings is 1. The van der Waals surface area contributed by atoms with E-state index in [2.05, 4.69) is 27.8 Å². The van der Waals surface area contributed by atoms with E-state index in [1.165, 1.54) is 0 Å². The number of amides is 1. The zero-order chi connectivity index (χ0) is 12.0. The summed E-state index contributed by atoms with van der Waals surface area (Å²) in [6, 6.07) is 7.69. The fourth-order valence-electron chi connectivity index (χ4n) is 1.36. The van der Waals surface area contributed by atoms with Crippen LogP contribution in [0.25, 0.3) is 0 Å². The number of nitrogens with one attached hydrogen (secondary N) is 1. The van der Waals surface area contributed by atoms with Crippen molar-refractivity contribution >= 4 is 21.8 Å². The summed E-state index contributed by atoms with van der Waals surface area (Å²) in [5.74, 6) is -0.0264. The van der Waals surface area contributed by atoms with Crippen LogP contribution in [0.15, 0.2) is 35.3 Å². The summed E-state index contributed by atoms with van der Waals surface area (Å²) in [6.45, 7) is 4.55. The van der Waals surface area contributed by atoms with Crippen LogP contribution < -0.4 is 11.1 Å². The van der Waals surface area contributed by atoms with Crippen LogP contribution in [0.1, 0.15) is 11.1 Å². The first-order valence-electron chi connectivity index (χ1n) is 5.00. The molecule has 0 spiro atoms. The third kappa shape index (κ3) is 4.16. The normalized spacial score (nSPS) is 9.88. The molecule has 3 nitrogen and oxygen atoms in total. The summed E-state index contributed by atoms with van der Waals surface area (Å²) in [6.07, 6.45) is 0.355. The Morgan fingerprint density at radius 2 is 2.00 bits per heavy atom. The SMILES string of the molecule is C=C(Br)CNC(=O)Cc1ccccc1CN. The molecule has 4 heteroatoms. The van der Waals surface area contributed by atoms with Crippen molar-refractivity contribution in [2.45, 2.75) is 13.0 Å². The molecule has 1 rings (SSSR count). The van der Waals surface area contributed by atoms with Crippen LogP contribution in [0, 0.1) is 0 Å². The molecule has 1 aromatic carbocycles. The van der Waals surface area contributed by atoms with E-state index in [1.54, 1.807) is 0 Å². The highest BCUT2D eigenvalue weighted by Crippen LogP contribution is 2.08. The molecule has 0 aliphatic carbocycles. The van der Waals surface area contributed by atoms with Crippen LogP contribution in [0.3, 0.4) is 0 Å². The average Bonchev–Trinajstić information content (AvgIpc) is 2.27. The van der Waals surface area contributed by atoms with E-state index in [9.17, 15) is 4.79 Å². The fourth-order valence-corrected chi connectivity index (χ4v) is 1.50. The molecule has 0 fully saturated rings. The standard InChI is InChI=1S/C12H15BrN2O/c1-9(13)8-15-12(16)6-10-4-2-3-5-11(10)7-14/h2-5H,1,6-8,14H2,(H,15,16). The lowest BCUT2D eigenvalue weighted by atomic mass is 10.0. The monoisotopic (exact) mass is 282 g/mol. The molecule has 86 valence electrons. The van der Waals surface area contributed by atoms with Gasteiger partial charge in [0.05, 0.1) is 6.42 Å². The summed E-state index contributed by atoms with van der Waals surface area (Å²) >= 11 is 3.19. The molecule has 16 heavy (non-hydrogen) atoms. The number of hydrogen-bond acceptors (Lipinski definition) is 2. The van der Waals surface area contributed by atoms with Gasteiger partial charge in [-0.25, -0.2) is 0 Å². The predicted molar refractivity (Wildman–Crippen MR) is 69.1 cm³/mol. The molecule has 0 radical (unpaired) electrons. The molecular formula is C12H15BrN2O. The summed E-state index contributed by atoms with van der Waals surface area (Å²) in [7, 11) is 0. The summed E-state index contributed by atoms with van der Waals surface area (Å²) in [5.41, 5.74) is 7.58. The quantitative estimate of drug-likeness (QED) is 0.864. The number of nitrogens with two attached hydrogens (primary N) is 1. The zero-order valence-corrected chi connectivity index (χ0v) is 10.6. The van der Waals surface area contributed by atoms with Crippen molar-refractivity contribution in [3.05, 3.63) is 46.5 Å². The molecule has 1 aromatic rings. The lowest BCUT2D eigenvalue weighted by molar-refractivity contribution is -0.120. The van der Waals surface area contributed by atoms with Crippen molar-refractivity contribution in [3.8, 4) is 0 Å². The Morgan fingerprint density at radius 3 is 2.56 bits per heavy atom. The van der Waals surface area contributed by atoms with Crippen LogP contribution >= 0.6 is 15.9 Å². The highest BCUT2D eigenvalue weighted by molar-refractivity contribution is 9.11. The number of carbonyl (C=O) groups is 1. The molecule has 3 N–H and O–H groups in total. The van der Waals surface area contributed by atoms with Gasteiger partial charge in [0.1, 0.15) is 0 Å². The van der Waals surface area contributed by atoms with Gasteiger partial charge >= 0.3 is 0 Å². The van der Waals surface area contributed by atoms with Crippen molar-refractivity contribution in [3.63, 3.8) is 0 Å². The Hall–Kier alpha value is -1.13. The lowest BCUT2D eigenvalue weighted by Crippen LogP contribution is -2.26. The maximum atomic E-state index is 11.6. The van der Waals surface area contributed by atoms with Gasteiger partial charge < -0.3 is 11.1 Å². The second-order valence-corrected chi connectivity index (χ2v) is 4.57. The summed E-state index contributed by atoms with van der Waals surface area (Å²) in [4.78, 5) is 11.6. The molecule has 0 bridgehead atoms. The number of halogens is 1. The fraction of sp³-hybridized carbons (Fsp3) is 0.250. The third-order valence-electron chi connectivity index (χ3n) is 2.17. The van der Waals surface area contributed by atoms with E-state index in [0.29, 0.717) is 19.5 Å². The largest absolute Gasteiger partial charge is 0.351 e. The van der Waals surface area contributed by atoms with Crippen molar-refractivity contribution < 1.29 is 4.79 Å². The van der Waals surface area contributed by atoms with Gasteiger partial charge in [-0.2, -0.15) is 0 Å². The smallest absolute Gasteiger partial charge is 0.224 e. The van der Waals surface area contributed by atoms with Crippen LogP contribution in [0.2, 0.25) is 0 Å². The van der Waals surface area contributed by atoms with Gasteiger partial charge in [-0.1, -0.05) is 46.8 Å². The van der Waals surface area contributed by atoms with Crippen molar-refractivity contribution in [1.29, 1.82) is 0 Å². The molecule has 0 saturated heterocycles. The summed E-state index contributed by atoms with van der Waals surface area (Å²) in [5, 5.41) is 2.76. The van der Waals surface area contributed by atoms with Crippen LogP contribution in [0.5, 0.6) is 0 Å². The average molecular weight is 283 g/mol. The topological polar surface area (TPSA) is 55.1 Å². The Kier molecular flexibility index (Phi) is 5.22. The number of carbonyl (C=O) groups excluding carboxylic acids is 1. The molecular weight excluding hydrogens is 268 g/mol. The van der Waals surface area contributed by atoms with Crippen LogP contribution in [-0.2, 0) is 17.8 Å². The van der Waals surface area contributed by atoms with Gasteiger partial charge in [-0.3, -0.25) is 4.79 Å². The van der Waals surface area contributed by atoms with Gasteiger partial charge in [-0.15, -0.1) is 0 Å². The minimum atomic E-state index is -0.0264. The van der Waals surface area contributed by atoms with E-state index >= 15 is 0 Å². The third-order valence-corrected chi connectivity index (χ3v) is 2.45. The summed E-state index contributed by atoms with van der Waals surface area (Å²) < 4.78 is 0.757. The predicted octanol–water partition coefficient (Wildman–Crippen LogP) is 1.71. The Morgan fingerprint density at radius 1 is 1.38 bits per heavy atom. The molecule has 0 aromatic heterocycles. The first kappa shape index (κ1) is 12.9. The maximum absolute atomic E-state index is 11.6. The molecule has 0 heterocycles. The highest BCUT2D eigenvalue weighted by Gasteiger charge is 2.06. The van der Waals surface area contributed by atoms with Gasteiger partial charge in [0, 0.05) is 17.6 Å². The van der Waals surface area contributed by atoms with Gasteiger partial charge in [0.15, 0.2) is 0 Å². The maximum Gasteiger partial charge on any atom is 0.224 e. The van der Waals surface area contributed by atoms with E-state index < -0.39 is 0 Å². The first-order valence-corrected chi connectivity index (χ1v) is 5.79. The lowest BCUT2D eigenvalue weighted by Gasteiger charge is -2.07. The zero-order valence-electron chi connectivity index (χ0n) is 9.00. The number of hydrogen-bond donors (Lipinski definition) is 2. The van der Waals surface area contributed by atoms with E-state index in [0.717, 1.165) is 15.6 Å². The van der Waals surface area contributed by atoms with E-state index in [1.807, 2.05) is 24.3 Å². The van der Waals surface area contributed by atoms with Gasteiger partial charge in [0.25, 0.3) is 0 Å². The molecule has 0 aliphatic heterocycles. The Bertz CT molecular complexity index is 390. The van der Waals surface area contributed by atoms with E-state index in [-0.39, 0.29) is 5.91 Å². The van der Waals surface area contributed by atoms with Crippen LogP contribution in [0.4, 0.5) is 0 Å². The van der Waals surface area contributed by atoms with Crippen LogP contribution in [-0.4, -0.2) is 12.5 Å². The molecule has 0 atom stereocenters. The molecule has 0 saturated carbocycles. The van der Waals surface area contributed by atoms with Crippen molar-refractivity contribution in [2.75, 3.05) is 6.54 Å². The molecule has 1 amide bonds. The highest BCUT2D eigenvalue weighted by atomic mass is 79.9. The molecule has 0 aliphatic rings. The Labute approximate surface area is 104 Å². The first-order chi connectivity index (χ1) is 7.63. The van der Waals surface area contributed by atoms with E-state index in [4.69, 9.17) is 5.73 Å². The number of rotatable bonds is 5. The Balaban J connectivity index is 2.58. The van der Waals surface area contributed by atoms with Gasteiger partial charge in [0.2, 0.25) is 5.91 Å². The molecule has 0 unspecified atom stereocenters.